The van der Waals surface area contributed by atoms with E-state index in [0.717, 1.165) is 16.5 Å². The second-order valence-electron chi connectivity index (χ2n) is 6.84. The lowest BCUT2D eigenvalue weighted by Crippen LogP contribution is -2.23. The van der Waals surface area contributed by atoms with Crippen molar-refractivity contribution in [2.24, 2.45) is 0 Å². The largest absolute Gasteiger partial charge is 0.497 e. The SMILES string of the molecule is COc1ccc(C(=O)NCc2nc(SCC(=O)Nc3cccc4ccccc34)n[nH]2)cc1. The molecular weight excluding hydrogens is 426 g/mol. The van der Waals surface area contributed by atoms with Gasteiger partial charge in [0.1, 0.15) is 11.6 Å². The number of ether oxygens (including phenoxy) is 1. The van der Waals surface area contributed by atoms with E-state index in [-0.39, 0.29) is 24.1 Å². The standard InChI is InChI=1S/C23H21N5O3S/c1-31-17-11-9-16(10-12-17)22(30)24-13-20-26-23(28-27-20)32-14-21(29)25-19-8-4-6-15-5-2-3-7-18(15)19/h2-12H,13-14H2,1H3,(H,24,30)(H,25,29)(H,26,27,28). The normalized spacial score (nSPS) is 10.7. The number of aromatic nitrogens is 3. The monoisotopic (exact) mass is 447 g/mol. The molecule has 162 valence electrons. The number of nitrogens with zero attached hydrogens (tertiary/aromatic N) is 2. The molecule has 8 nitrogen and oxygen atoms in total. The maximum absolute atomic E-state index is 12.4. The van der Waals surface area contributed by atoms with Crippen molar-refractivity contribution in [2.45, 2.75) is 11.7 Å². The lowest BCUT2D eigenvalue weighted by molar-refractivity contribution is -0.113. The first-order valence-electron chi connectivity index (χ1n) is 9.86. The van der Waals surface area contributed by atoms with Gasteiger partial charge in [0.05, 0.1) is 19.4 Å². The summed E-state index contributed by atoms with van der Waals surface area (Å²) < 4.78 is 5.09. The summed E-state index contributed by atoms with van der Waals surface area (Å²) in [6.07, 6.45) is 0. The third-order valence-corrected chi connectivity index (χ3v) is 5.52. The van der Waals surface area contributed by atoms with Crippen molar-refractivity contribution < 1.29 is 14.3 Å². The molecule has 1 heterocycles. The molecule has 0 atom stereocenters. The minimum Gasteiger partial charge on any atom is -0.497 e. The number of aromatic amines is 1. The fraction of sp³-hybridized carbons (Fsp3) is 0.130. The van der Waals surface area contributed by atoms with Gasteiger partial charge in [0.15, 0.2) is 0 Å². The van der Waals surface area contributed by atoms with E-state index in [1.54, 1.807) is 31.4 Å². The number of methoxy groups -OCH3 is 1. The predicted molar refractivity (Wildman–Crippen MR) is 124 cm³/mol. The molecule has 32 heavy (non-hydrogen) atoms. The summed E-state index contributed by atoms with van der Waals surface area (Å²) >= 11 is 1.22. The molecule has 0 radical (unpaired) electrons. The Balaban J connectivity index is 1.27. The van der Waals surface area contributed by atoms with Crippen molar-refractivity contribution in [3.05, 3.63) is 78.1 Å². The highest BCUT2D eigenvalue weighted by molar-refractivity contribution is 7.99. The number of H-pyrrole nitrogens is 1. The number of hydrogen-bond acceptors (Lipinski definition) is 6. The van der Waals surface area contributed by atoms with E-state index < -0.39 is 0 Å². The van der Waals surface area contributed by atoms with Gasteiger partial charge in [-0.3, -0.25) is 14.7 Å². The zero-order valence-corrected chi connectivity index (χ0v) is 18.1. The van der Waals surface area contributed by atoms with Gasteiger partial charge >= 0.3 is 0 Å². The summed E-state index contributed by atoms with van der Waals surface area (Å²) in [6, 6.07) is 20.5. The fourth-order valence-corrected chi connectivity index (χ4v) is 3.70. The molecule has 0 bridgehead atoms. The maximum atomic E-state index is 12.4. The first-order chi connectivity index (χ1) is 15.6. The fourth-order valence-electron chi connectivity index (χ4n) is 3.08. The van der Waals surface area contributed by atoms with Crippen molar-refractivity contribution in [2.75, 3.05) is 18.2 Å². The first kappa shape index (κ1) is 21.4. The number of carbonyl (C=O) groups is 2. The molecule has 0 saturated carbocycles. The van der Waals surface area contributed by atoms with Crippen LogP contribution in [0.5, 0.6) is 5.75 Å². The van der Waals surface area contributed by atoms with Gasteiger partial charge in [-0.05, 0) is 35.7 Å². The highest BCUT2D eigenvalue weighted by atomic mass is 32.2. The lowest BCUT2D eigenvalue weighted by Gasteiger charge is -2.08. The molecule has 2 amide bonds. The van der Waals surface area contributed by atoms with E-state index in [1.807, 2.05) is 42.5 Å². The third-order valence-electron chi connectivity index (χ3n) is 4.68. The molecule has 4 rings (SSSR count). The van der Waals surface area contributed by atoms with Crippen molar-refractivity contribution in [3.8, 4) is 5.75 Å². The molecule has 0 fully saturated rings. The number of benzene rings is 3. The summed E-state index contributed by atoms with van der Waals surface area (Å²) in [4.78, 5) is 28.9. The van der Waals surface area contributed by atoms with E-state index in [0.29, 0.717) is 22.3 Å². The van der Waals surface area contributed by atoms with Gasteiger partial charge in [-0.25, -0.2) is 4.98 Å². The van der Waals surface area contributed by atoms with E-state index in [9.17, 15) is 9.59 Å². The molecule has 0 saturated heterocycles. The van der Waals surface area contributed by atoms with Crippen LogP contribution in [0.25, 0.3) is 10.8 Å². The van der Waals surface area contributed by atoms with E-state index in [4.69, 9.17) is 4.74 Å². The second kappa shape index (κ2) is 9.97. The molecule has 0 aliphatic heterocycles. The van der Waals surface area contributed by atoms with Crippen LogP contribution in [-0.2, 0) is 11.3 Å². The molecule has 3 aromatic carbocycles. The van der Waals surface area contributed by atoms with E-state index in [2.05, 4.69) is 25.8 Å². The average molecular weight is 448 g/mol. The Morgan fingerprint density at radius 3 is 2.62 bits per heavy atom. The molecule has 4 aromatic rings. The smallest absolute Gasteiger partial charge is 0.251 e. The zero-order chi connectivity index (χ0) is 22.3. The van der Waals surface area contributed by atoms with Crippen LogP contribution in [0.3, 0.4) is 0 Å². The van der Waals surface area contributed by atoms with Crippen LogP contribution in [0.2, 0.25) is 0 Å². The van der Waals surface area contributed by atoms with Gasteiger partial charge < -0.3 is 15.4 Å². The summed E-state index contributed by atoms with van der Waals surface area (Å²) in [5.74, 6) is 0.976. The van der Waals surface area contributed by atoms with Gasteiger partial charge in [-0.1, -0.05) is 48.2 Å². The molecule has 0 aliphatic carbocycles. The molecule has 3 N–H and O–H groups in total. The van der Waals surface area contributed by atoms with Crippen LogP contribution in [0.4, 0.5) is 5.69 Å². The average Bonchev–Trinajstić information content (AvgIpc) is 3.29. The minimum atomic E-state index is -0.229. The summed E-state index contributed by atoms with van der Waals surface area (Å²) in [5, 5.41) is 15.1. The van der Waals surface area contributed by atoms with Crippen LogP contribution in [-0.4, -0.2) is 39.9 Å². The Morgan fingerprint density at radius 1 is 1.03 bits per heavy atom. The molecular formula is C23H21N5O3S. The quantitative estimate of drug-likeness (QED) is 0.356. The maximum Gasteiger partial charge on any atom is 0.251 e. The van der Waals surface area contributed by atoms with Gasteiger partial charge in [0, 0.05) is 16.6 Å². The Bertz CT molecular complexity index is 1230. The molecule has 0 aliphatic rings. The molecule has 1 aromatic heterocycles. The number of fused-ring (bicyclic) bond motifs is 1. The van der Waals surface area contributed by atoms with Crippen LogP contribution in [0, 0.1) is 0 Å². The number of nitrogens with one attached hydrogen (secondary N) is 3. The van der Waals surface area contributed by atoms with Crippen LogP contribution in [0.15, 0.2) is 71.9 Å². The first-order valence-corrected chi connectivity index (χ1v) is 10.8. The van der Waals surface area contributed by atoms with Crippen LogP contribution in [0.1, 0.15) is 16.2 Å². The van der Waals surface area contributed by atoms with Crippen LogP contribution >= 0.6 is 11.8 Å². The number of thioether (sulfide) groups is 1. The number of amides is 2. The number of rotatable bonds is 8. The Kier molecular flexibility index (Phi) is 6.66. The van der Waals surface area contributed by atoms with Gasteiger partial charge in [0.25, 0.3) is 5.91 Å². The lowest BCUT2D eigenvalue weighted by atomic mass is 10.1. The Hall–Kier alpha value is -3.85. The van der Waals surface area contributed by atoms with E-state index >= 15 is 0 Å². The van der Waals surface area contributed by atoms with Gasteiger partial charge in [-0.15, -0.1) is 5.10 Å². The highest BCUT2D eigenvalue weighted by Crippen LogP contribution is 2.23. The molecule has 9 heteroatoms. The van der Waals surface area contributed by atoms with Gasteiger partial charge in [0.2, 0.25) is 11.1 Å². The topological polar surface area (TPSA) is 109 Å². The third kappa shape index (κ3) is 5.25. The number of carbonyl (C=O) groups excluding carboxylic acids is 2. The highest BCUT2D eigenvalue weighted by Gasteiger charge is 2.11. The zero-order valence-electron chi connectivity index (χ0n) is 17.3. The predicted octanol–water partition coefficient (Wildman–Crippen LogP) is 3.63. The van der Waals surface area contributed by atoms with E-state index in [1.165, 1.54) is 11.8 Å². The Morgan fingerprint density at radius 2 is 1.81 bits per heavy atom. The summed E-state index contributed by atoms with van der Waals surface area (Å²) in [7, 11) is 1.57. The van der Waals surface area contributed by atoms with Crippen molar-refractivity contribution >= 4 is 40.0 Å². The number of anilines is 1. The van der Waals surface area contributed by atoms with Crippen molar-refractivity contribution in [1.82, 2.24) is 20.5 Å². The number of hydrogen-bond donors (Lipinski definition) is 3. The minimum absolute atomic E-state index is 0.148. The molecule has 0 spiro atoms. The molecule has 0 unspecified atom stereocenters. The van der Waals surface area contributed by atoms with Gasteiger partial charge in [-0.2, -0.15) is 0 Å². The van der Waals surface area contributed by atoms with Crippen molar-refractivity contribution in [1.29, 1.82) is 0 Å². The Labute approximate surface area is 188 Å². The summed E-state index contributed by atoms with van der Waals surface area (Å²) in [6.45, 7) is 0.195. The van der Waals surface area contributed by atoms with Crippen molar-refractivity contribution in [3.63, 3.8) is 0 Å². The van der Waals surface area contributed by atoms with Crippen LogP contribution < -0.4 is 15.4 Å². The summed E-state index contributed by atoms with van der Waals surface area (Å²) in [5.41, 5.74) is 1.29. The second-order valence-corrected chi connectivity index (χ2v) is 7.78.